The van der Waals surface area contributed by atoms with E-state index in [9.17, 15) is 17.2 Å². The number of aromatic nitrogens is 5. The number of rotatable bonds is 4. The Morgan fingerprint density at radius 3 is 2.60 bits per heavy atom. The molecule has 0 unspecified atom stereocenters. The Hall–Kier alpha value is -2.99. The summed E-state index contributed by atoms with van der Waals surface area (Å²) in [6, 6.07) is 4.58. The molecule has 2 aromatic heterocycles. The molecule has 3 aromatic rings. The van der Waals surface area contributed by atoms with Gasteiger partial charge in [0.05, 0.1) is 16.8 Å². The lowest BCUT2D eigenvalue weighted by molar-refractivity contribution is -0.0412. The Labute approximate surface area is 171 Å². The molecule has 9 nitrogen and oxygen atoms in total. The van der Waals surface area contributed by atoms with Crippen LogP contribution >= 0.6 is 0 Å². The van der Waals surface area contributed by atoms with Gasteiger partial charge < -0.3 is 5.73 Å². The monoisotopic (exact) mass is 435 g/mol. The van der Waals surface area contributed by atoms with Crippen LogP contribution in [0.3, 0.4) is 0 Å². The van der Waals surface area contributed by atoms with Crippen LogP contribution in [0.25, 0.3) is 17.1 Å². The SMILES string of the molecule is Cc1ccc(S(=O)(=O)N2CCC(F)(F)CC2)cc1-c1cnc(N)c(-n2cncn2)n1. The highest BCUT2D eigenvalue weighted by Crippen LogP contribution is 2.32. The highest BCUT2D eigenvalue weighted by atomic mass is 32.2. The Morgan fingerprint density at radius 2 is 1.93 bits per heavy atom. The first-order valence-electron chi connectivity index (χ1n) is 9.14. The van der Waals surface area contributed by atoms with Crippen molar-refractivity contribution in [2.24, 2.45) is 0 Å². The van der Waals surface area contributed by atoms with E-state index >= 15 is 0 Å². The first-order valence-corrected chi connectivity index (χ1v) is 10.6. The third kappa shape index (κ3) is 3.75. The Morgan fingerprint density at radius 1 is 1.20 bits per heavy atom. The van der Waals surface area contributed by atoms with Crippen LogP contribution in [-0.4, -0.2) is 56.5 Å². The molecule has 1 aliphatic heterocycles. The van der Waals surface area contributed by atoms with Crippen LogP contribution in [0.4, 0.5) is 14.6 Å². The molecule has 0 bridgehead atoms. The van der Waals surface area contributed by atoms with Crippen LogP contribution in [0.15, 0.2) is 41.9 Å². The number of halogens is 2. The van der Waals surface area contributed by atoms with Crippen molar-refractivity contribution < 1.29 is 17.2 Å². The fraction of sp³-hybridized carbons (Fsp3) is 0.333. The molecule has 158 valence electrons. The number of sulfonamides is 1. The normalized spacial score (nSPS) is 17.2. The van der Waals surface area contributed by atoms with Crippen molar-refractivity contribution in [3.63, 3.8) is 0 Å². The number of hydrogen-bond acceptors (Lipinski definition) is 7. The first kappa shape index (κ1) is 20.3. The van der Waals surface area contributed by atoms with Crippen LogP contribution < -0.4 is 5.73 Å². The van der Waals surface area contributed by atoms with Crippen LogP contribution in [0, 0.1) is 6.92 Å². The molecule has 30 heavy (non-hydrogen) atoms. The number of nitrogen functional groups attached to an aromatic ring is 1. The fourth-order valence-electron chi connectivity index (χ4n) is 3.24. The summed E-state index contributed by atoms with van der Waals surface area (Å²) in [6.45, 7) is 1.35. The maximum absolute atomic E-state index is 13.4. The summed E-state index contributed by atoms with van der Waals surface area (Å²) in [5, 5.41) is 3.99. The molecule has 0 saturated carbocycles. The molecule has 1 aromatic carbocycles. The second-order valence-corrected chi connectivity index (χ2v) is 8.98. The van der Waals surface area contributed by atoms with Gasteiger partial charge in [0.1, 0.15) is 12.7 Å². The highest BCUT2D eigenvalue weighted by molar-refractivity contribution is 7.89. The summed E-state index contributed by atoms with van der Waals surface area (Å²) in [6.07, 6.45) is 3.21. The molecule has 0 amide bonds. The predicted molar refractivity (Wildman–Crippen MR) is 104 cm³/mol. The molecule has 1 saturated heterocycles. The molecule has 0 aliphatic carbocycles. The molecule has 1 aliphatic rings. The average molecular weight is 435 g/mol. The largest absolute Gasteiger partial charge is 0.381 e. The second kappa shape index (κ2) is 7.36. The van der Waals surface area contributed by atoms with E-state index in [-0.39, 0.29) is 29.6 Å². The third-order valence-electron chi connectivity index (χ3n) is 4.99. The Kier molecular flexibility index (Phi) is 4.98. The van der Waals surface area contributed by atoms with Crippen molar-refractivity contribution in [3.8, 4) is 17.1 Å². The van der Waals surface area contributed by atoms with Gasteiger partial charge in [-0.25, -0.2) is 32.2 Å². The molecule has 0 atom stereocenters. The van der Waals surface area contributed by atoms with Crippen LogP contribution in [-0.2, 0) is 10.0 Å². The van der Waals surface area contributed by atoms with Gasteiger partial charge in [-0.15, -0.1) is 0 Å². The van der Waals surface area contributed by atoms with Gasteiger partial charge in [0.2, 0.25) is 10.0 Å². The number of aryl methyl sites for hydroxylation is 1. The number of nitrogens with zero attached hydrogens (tertiary/aromatic N) is 6. The molecule has 0 spiro atoms. The van der Waals surface area contributed by atoms with Crippen molar-refractivity contribution in [2.75, 3.05) is 18.8 Å². The van der Waals surface area contributed by atoms with Gasteiger partial charge in [-0.3, -0.25) is 0 Å². The minimum Gasteiger partial charge on any atom is -0.381 e. The molecule has 12 heteroatoms. The van der Waals surface area contributed by atoms with E-state index in [0.717, 1.165) is 9.87 Å². The predicted octanol–water partition coefficient (Wildman–Crippen LogP) is 2.03. The summed E-state index contributed by atoms with van der Waals surface area (Å²) >= 11 is 0. The van der Waals surface area contributed by atoms with Gasteiger partial charge in [-0.2, -0.15) is 14.1 Å². The van der Waals surface area contributed by atoms with E-state index in [1.54, 1.807) is 13.0 Å². The van der Waals surface area contributed by atoms with Crippen molar-refractivity contribution in [3.05, 3.63) is 42.6 Å². The molecule has 1 fully saturated rings. The number of piperidine rings is 1. The highest BCUT2D eigenvalue weighted by Gasteiger charge is 2.38. The lowest BCUT2D eigenvalue weighted by Gasteiger charge is -2.31. The molecule has 2 N–H and O–H groups in total. The van der Waals surface area contributed by atoms with E-state index in [2.05, 4.69) is 20.1 Å². The lowest BCUT2D eigenvalue weighted by Crippen LogP contribution is -2.42. The Bertz CT molecular complexity index is 1170. The summed E-state index contributed by atoms with van der Waals surface area (Å²) in [5.74, 6) is -2.43. The zero-order valence-electron chi connectivity index (χ0n) is 16.0. The number of anilines is 1. The summed E-state index contributed by atoms with van der Waals surface area (Å²) in [5.41, 5.74) is 7.59. The Balaban J connectivity index is 1.72. The van der Waals surface area contributed by atoms with Gasteiger partial charge in [0.15, 0.2) is 11.6 Å². The lowest BCUT2D eigenvalue weighted by atomic mass is 10.1. The summed E-state index contributed by atoms with van der Waals surface area (Å²) in [4.78, 5) is 12.5. The van der Waals surface area contributed by atoms with Crippen LogP contribution in [0.2, 0.25) is 0 Å². The number of nitrogens with two attached hydrogens (primary N) is 1. The standard InChI is InChI=1S/C18H19F2N7O2S/c1-12-2-3-13(30(28,29)26-6-4-18(19,20)5-7-26)8-14(12)15-9-23-16(21)17(25-15)27-11-22-10-24-27/h2-3,8-11H,4-7H2,1H3,(H2,21,23). The number of alkyl halides is 2. The van der Waals surface area contributed by atoms with Gasteiger partial charge in [0, 0.05) is 31.5 Å². The topological polar surface area (TPSA) is 120 Å². The average Bonchev–Trinajstić information content (AvgIpc) is 3.23. The first-order chi connectivity index (χ1) is 14.2. The van der Waals surface area contributed by atoms with Crippen molar-refractivity contribution in [2.45, 2.75) is 30.6 Å². The number of benzene rings is 1. The molecule has 0 radical (unpaired) electrons. The van der Waals surface area contributed by atoms with Crippen molar-refractivity contribution in [1.29, 1.82) is 0 Å². The van der Waals surface area contributed by atoms with E-state index in [1.165, 1.54) is 35.7 Å². The zero-order valence-corrected chi connectivity index (χ0v) is 16.9. The number of hydrogen-bond donors (Lipinski definition) is 1. The molecule has 3 heterocycles. The van der Waals surface area contributed by atoms with Crippen molar-refractivity contribution in [1.82, 2.24) is 29.0 Å². The van der Waals surface area contributed by atoms with Gasteiger partial charge in [-0.05, 0) is 24.6 Å². The fourth-order valence-corrected chi connectivity index (χ4v) is 4.71. The molecular formula is C18H19F2N7O2S. The zero-order chi connectivity index (χ0) is 21.5. The maximum Gasteiger partial charge on any atom is 0.250 e. The van der Waals surface area contributed by atoms with Crippen LogP contribution in [0.5, 0.6) is 0 Å². The molecular weight excluding hydrogens is 416 g/mol. The summed E-state index contributed by atoms with van der Waals surface area (Å²) < 4.78 is 55.3. The van der Waals surface area contributed by atoms with E-state index in [4.69, 9.17) is 5.73 Å². The minimum atomic E-state index is -3.92. The third-order valence-corrected chi connectivity index (χ3v) is 6.89. The quantitative estimate of drug-likeness (QED) is 0.666. The van der Waals surface area contributed by atoms with E-state index in [1.807, 2.05) is 0 Å². The second-order valence-electron chi connectivity index (χ2n) is 7.04. The maximum atomic E-state index is 13.4. The van der Waals surface area contributed by atoms with E-state index < -0.39 is 28.8 Å². The molecule has 4 rings (SSSR count). The van der Waals surface area contributed by atoms with Gasteiger partial charge >= 0.3 is 0 Å². The van der Waals surface area contributed by atoms with Crippen LogP contribution in [0.1, 0.15) is 18.4 Å². The van der Waals surface area contributed by atoms with Crippen molar-refractivity contribution >= 4 is 15.8 Å². The summed E-state index contributed by atoms with van der Waals surface area (Å²) in [7, 11) is -3.92. The minimum absolute atomic E-state index is 0.00856. The van der Waals surface area contributed by atoms with E-state index in [0.29, 0.717) is 11.3 Å². The van der Waals surface area contributed by atoms with Gasteiger partial charge in [-0.1, -0.05) is 6.07 Å². The smallest absolute Gasteiger partial charge is 0.250 e. The van der Waals surface area contributed by atoms with Gasteiger partial charge in [0.25, 0.3) is 5.92 Å².